The van der Waals surface area contributed by atoms with Crippen LogP contribution in [0.5, 0.6) is 5.75 Å². The molecule has 0 spiro atoms. The summed E-state index contributed by atoms with van der Waals surface area (Å²) in [7, 11) is 1.50. The van der Waals surface area contributed by atoms with E-state index < -0.39 is 17.3 Å². The van der Waals surface area contributed by atoms with Crippen molar-refractivity contribution in [1.82, 2.24) is 0 Å². The van der Waals surface area contributed by atoms with Crippen LogP contribution in [0.2, 0.25) is 0 Å². The van der Waals surface area contributed by atoms with Gasteiger partial charge in [-0.2, -0.15) is 0 Å². The van der Waals surface area contributed by atoms with Crippen molar-refractivity contribution in [3.63, 3.8) is 0 Å². The summed E-state index contributed by atoms with van der Waals surface area (Å²) in [5, 5.41) is 20.5. The van der Waals surface area contributed by atoms with Crippen LogP contribution in [0.4, 0.5) is 0 Å². The molecule has 0 radical (unpaired) electrons. The van der Waals surface area contributed by atoms with Crippen molar-refractivity contribution >= 4 is 11.0 Å². The van der Waals surface area contributed by atoms with Gasteiger partial charge in [0.2, 0.25) is 0 Å². The van der Waals surface area contributed by atoms with Gasteiger partial charge in [-0.3, -0.25) is 0 Å². The Labute approximate surface area is 116 Å². The average Bonchev–Trinajstić information content (AvgIpc) is 2.37. The molecule has 1 aromatic heterocycles. The van der Waals surface area contributed by atoms with Gasteiger partial charge in [0, 0.05) is 23.9 Å². The number of methoxy groups -OCH3 is 1. The van der Waals surface area contributed by atoms with Crippen LogP contribution in [0, 0.1) is 0 Å². The molecule has 20 heavy (non-hydrogen) atoms. The number of aliphatic hydroxyl groups is 2. The van der Waals surface area contributed by atoms with Gasteiger partial charge in [0.05, 0.1) is 18.8 Å². The lowest BCUT2D eigenvalue weighted by atomic mass is 9.94. The molecular weight excluding hydrogens is 260 g/mol. The Hall–Kier alpha value is -1.85. The second-order valence-corrected chi connectivity index (χ2v) is 5.33. The van der Waals surface area contributed by atoms with Gasteiger partial charge in [-0.05, 0) is 31.5 Å². The van der Waals surface area contributed by atoms with E-state index in [1.54, 1.807) is 32.0 Å². The van der Waals surface area contributed by atoms with Crippen LogP contribution in [0.3, 0.4) is 0 Å². The molecule has 1 unspecified atom stereocenters. The largest absolute Gasteiger partial charge is 0.496 e. The fourth-order valence-corrected chi connectivity index (χ4v) is 1.95. The summed E-state index contributed by atoms with van der Waals surface area (Å²) >= 11 is 0. The Balaban J connectivity index is 2.47. The molecule has 0 saturated heterocycles. The zero-order chi connectivity index (χ0) is 14.9. The lowest BCUT2D eigenvalue weighted by Gasteiger charge is -2.25. The number of ether oxygens (including phenoxy) is 1. The van der Waals surface area contributed by atoms with Gasteiger partial charge in [0.15, 0.2) is 0 Å². The van der Waals surface area contributed by atoms with Crippen LogP contribution in [0.1, 0.15) is 19.4 Å². The van der Waals surface area contributed by atoms with Crippen LogP contribution in [0.25, 0.3) is 11.0 Å². The number of fused-ring (bicyclic) bond motifs is 1. The molecular formula is C15H18O5. The van der Waals surface area contributed by atoms with Crippen LogP contribution >= 0.6 is 0 Å². The predicted octanol–water partition coefficient (Wildman–Crippen LogP) is 1.48. The molecule has 5 heteroatoms. The number of hydrogen-bond acceptors (Lipinski definition) is 5. The summed E-state index contributed by atoms with van der Waals surface area (Å²) in [6.45, 7) is 3.09. The molecule has 0 bridgehead atoms. The monoisotopic (exact) mass is 278 g/mol. The zero-order valence-electron chi connectivity index (χ0n) is 11.7. The van der Waals surface area contributed by atoms with Crippen molar-refractivity contribution in [2.45, 2.75) is 32.0 Å². The molecule has 2 N–H and O–H groups in total. The van der Waals surface area contributed by atoms with Crippen LogP contribution in [0.15, 0.2) is 33.5 Å². The fourth-order valence-electron chi connectivity index (χ4n) is 1.95. The van der Waals surface area contributed by atoms with E-state index in [9.17, 15) is 15.0 Å². The molecule has 0 amide bonds. The first-order valence-electron chi connectivity index (χ1n) is 6.32. The Morgan fingerprint density at radius 3 is 2.65 bits per heavy atom. The maximum absolute atomic E-state index is 11.2. The molecule has 1 heterocycles. The van der Waals surface area contributed by atoms with E-state index in [-0.39, 0.29) is 6.42 Å². The fraction of sp³-hybridized carbons (Fsp3) is 0.400. The average molecular weight is 278 g/mol. The number of benzene rings is 1. The Kier molecular flexibility index (Phi) is 3.83. The summed E-state index contributed by atoms with van der Waals surface area (Å²) in [5.41, 5.74) is -0.466. The van der Waals surface area contributed by atoms with Gasteiger partial charge in [-0.1, -0.05) is 0 Å². The van der Waals surface area contributed by atoms with Gasteiger partial charge in [-0.25, -0.2) is 4.79 Å². The minimum atomic E-state index is -1.21. The first-order valence-corrected chi connectivity index (χ1v) is 6.32. The van der Waals surface area contributed by atoms with Crippen molar-refractivity contribution in [3.05, 3.63) is 40.2 Å². The second kappa shape index (κ2) is 5.26. The molecule has 2 rings (SSSR count). The third-order valence-electron chi connectivity index (χ3n) is 3.25. The molecule has 2 aromatic rings. The van der Waals surface area contributed by atoms with E-state index >= 15 is 0 Å². The highest BCUT2D eigenvalue weighted by Gasteiger charge is 2.25. The van der Waals surface area contributed by atoms with Gasteiger partial charge in [0.1, 0.15) is 11.3 Å². The van der Waals surface area contributed by atoms with E-state index in [4.69, 9.17) is 9.15 Å². The highest BCUT2D eigenvalue weighted by atomic mass is 16.5. The quantitative estimate of drug-likeness (QED) is 0.828. The van der Waals surface area contributed by atoms with Crippen LogP contribution in [-0.4, -0.2) is 29.0 Å². The van der Waals surface area contributed by atoms with Crippen molar-refractivity contribution in [2.24, 2.45) is 0 Å². The maximum atomic E-state index is 11.2. The first kappa shape index (κ1) is 14.6. The Morgan fingerprint density at radius 1 is 1.35 bits per heavy atom. The SMILES string of the molecule is COc1cc2oc(=O)ccc2cc1CC(O)C(C)(C)O. The zero-order valence-corrected chi connectivity index (χ0v) is 11.7. The standard InChI is InChI=1S/C15H18O5/c1-15(2,18)13(16)7-10-6-9-4-5-14(17)20-12(9)8-11(10)19-3/h4-6,8,13,16,18H,7H2,1-3H3. The highest BCUT2D eigenvalue weighted by Crippen LogP contribution is 2.27. The van der Waals surface area contributed by atoms with E-state index in [0.717, 1.165) is 10.9 Å². The third-order valence-corrected chi connectivity index (χ3v) is 3.25. The lowest BCUT2D eigenvalue weighted by molar-refractivity contribution is -0.0471. The molecule has 0 fully saturated rings. The molecule has 0 aliphatic rings. The third kappa shape index (κ3) is 3.00. The predicted molar refractivity (Wildman–Crippen MR) is 75.0 cm³/mol. The van der Waals surface area contributed by atoms with Gasteiger partial charge < -0.3 is 19.4 Å². The summed E-state index contributed by atoms with van der Waals surface area (Å²) in [6, 6.07) is 6.39. The molecule has 1 atom stereocenters. The highest BCUT2D eigenvalue weighted by molar-refractivity contribution is 5.79. The molecule has 0 aliphatic heterocycles. The summed E-state index contributed by atoms with van der Waals surface area (Å²) < 4.78 is 10.3. The normalized spacial score (nSPS) is 13.4. The van der Waals surface area contributed by atoms with Gasteiger partial charge in [0.25, 0.3) is 0 Å². The minimum Gasteiger partial charge on any atom is -0.496 e. The van der Waals surface area contributed by atoms with E-state index in [0.29, 0.717) is 11.3 Å². The van der Waals surface area contributed by atoms with Crippen molar-refractivity contribution in [2.75, 3.05) is 7.11 Å². The summed E-state index contributed by atoms with van der Waals surface area (Å²) in [4.78, 5) is 11.2. The van der Waals surface area contributed by atoms with Crippen molar-refractivity contribution in [1.29, 1.82) is 0 Å². The number of rotatable bonds is 4. The summed E-state index contributed by atoms with van der Waals surface area (Å²) in [6.07, 6.45) is -0.688. The summed E-state index contributed by atoms with van der Waals surface area (Å²) in [5.74, 6) is 0.509. The molecule has 108 valence electrons. The molecule has 1 aromatic carbocycles. The van der Waals surface area contributed by atoms with Crippen molar-refractivity contribution < 1.29 is 19.4 Å². The minimum absolute atomic E-state index is 0.238. The smallest absolute Gasteiger partial charge is 0.336 e. The second-order valence-electron chi connectivity index (χ2n) is 5.33. The van der Waals surface area contributed by atoms with Crippen LogP contribution in [-0.2, 0) is 6.42 Å². The van der Waals surface area contributed by atoms with E-state index in [1.807, 2.05) is 0 Å². The molecule has 0 saturated carbocycles. The first-order chi connectivity index (χ1) is 9.31. The van der Waals surface area contributed by atoms with Gasteiger partial charge >= 0.3 is 5.63 Å². The van der Waals surface area contributed by atoms with Crippen LogP contribution < -0.4 is 10.4 Å². The Morgan fingerprint density at radius 2 is 2.05 bits per heavy atom. The van der Waals surface area contributed by atoms with Gasteiger partial charge in [-0.15, -0.1) is 0 Å². The lowest BCUT2D eigenvalue weighted by Crippen LogP contribution is -2.37. The van der Waals surface area contributed by atoms with Crippen molar-refractivity contribution in [3.8, 4) is 5.75 Å². The number of hydrogen-bond donors (Lipinski definition) is 2. The Bertz CT molecular complexity index is 666. The topological polar surface area (TPSA) is 79.9 Å². The van der Waals surface area contributed by atoms with E-state index in [1.165, 1.54) is 13.2 Å². The number of aliphatic hydroxyl groups excluding tert-OH is 1. The molecule has 5 nitrogen and oxygen atoms in total. The maximum Gasteiger partial charge on any atom is 0.336 e. The van der Waals surface area contributed by atoms with E-state index in [2.05, 4.69) is 0 Å². The molecule has 0 aliphatic carbocycles.